The molecule has 1 rings (SSSR count). The van der Waals surface area contributed by atoms with Crippen molar-refractivity contribution in [1.29, 1.82) is 0 Å². The quantitative estimate of drug-likeness (QED) is 0.743. The average Bonchev–Trinajstić information content (AvgIpc) is 2.37. The van der Waals surface area contributed by atoms with Crippen LogP contribution in [0.1, 0.15) is 33.6 Å². The van der Waals surface area contributed by atoms with Crippen LogP contribution in [0.4, 0.5) is 4.79 Å². The van der Waals surface area contributed by atoms with Gasteiger partial charge in [-0.25, -0.2) is 9.36 Å². The Labute approximate surface area is 120 Å². The van der Waals surface area contributed by atoms with Crippen molar-refractivity contribution in [2.24, 2.45) is 0 Å². The Morgan fingerprint density at radius 1 is 1.15 bits per heavy atom. The van der Waals surface area contributed by atoms with Crippen molar-refractivity contribution >= 4 is 13.9 Å². The lowest BCUT2D eigenvalue weighted by Gasteiger charge is -2.33. The Hall–Kier alpha value is -0.620. The van der Waals surface area contributed by atoms with E-state index in [4.69, 9.17) is 18.3 Å². The number of nitrogens with zero attached hydrogens (tertiary/aromatic N) is 1. The van der Waals surface area contributed by atoms with Gasteiger partial charge in [0.25, 0.3) is 0 Å². The Morgan fingerprint density at radius 2 is 1.65 bits per heavy atom. The molecule has 0 radical (unpaired) electrons. The van der Waals surface area contributed by atoms with Gasteiger partial charge < -0.3 is 9.64 Å². The van der Waals surface area contributed by atoms with E-state index in [0.29, 0.717) is 25.9 Å². The van der Waals surface area contributed by atoms with Crippen LogP contribution < -0.4 is 0 Å². The summed E-state index contributed by atoms with van der Waals surface area (Å²) in [7, 11) is -0.906. The Balaban J connectivity index is 2.44. The second-order valence-electron chi connectivity index (χ2n) is 5.58. The molecule has 0 unspecified atom stereocenters. The molecule has 0 saturated carbocycles. The van der Waals surface area contributed by atoms with Crippen molar-refractivity contribution in [3.05, 3.63) is 0 Å². The van der Waals surface area contributed by atoms with Crippen molar-refractivity contribution in [2.45, 2.75) is 45.3 Å². The normalized spacial score (nSPS) is 18.1. The molecule has 1 heterocycles. The average molecular weight is 309 g/mol. The van der Waals surface area contributed by atoms with E-state index in [9.17, 15) is 9.36 Å². The summed E-state index contributed by atoms with van der Waals surface area (Å²) in [5, 5.41) is 0. The number of phosphoric ester groups is 1. The van der Waals surface area contributed by atoms with Gasteiger partial charge in [0, 0.05) is 27.3 Å². The van der Waals surface area contributed by atoms with Gasteiger partial charge in [-0.3, -0.25) is 13.6 Å². The number of likely N-dealkylation sites (tertiary alicyclic amines) is 1. The molecule has 0 N–H and O–H groups in total. The molecule has 1 aliphatic rings. The molecule has 0 aromatic rings. The molecule has 118 valence electrons. The maximum Gasteiger partial charge on any atom is 0.474 e. The number of carbonyl (C=O) groups is 1. The summed E-state index contributed by atoms with van der Waals surface area (Å²) in [5.74, 6) is 0. The minimum atomic E-state index is -3.46. The van der Waals surface area contributed by atoms with Gasteiger partial charge in [0.2, 0.25) is 0 Å². The number of amides is 1. The third kappa shape index (κ3) is 5.40. The summed E-state index contributed by atoms with van der Waals surface area (Å²) in [5.41, 5.74) is -0.508. The van der Waals surface area contributed by atoms with Crippen LogP contribution in [0.5, 0.6) is 0 Å². The van der Waals surface area contributed by atoms with Crippen molar-refractivity contribution in [3.8, 4) is 0 Å². The van der Waals surface area contributed by atoms with Crippen LogP contribution in [0.3, 0.4) is 0 Å². The smallest absolute Gasteiger partial charge is 0.444 e. The van der Waals surface area contributed by atoms with Crippen molar-refractivity contribution in [2.75, 3.05) is 27.3 Å². The fraction of sp³-hybridized carbons (Fsp3) is 0.917. The molecule has 20 heavy (non-hydrogen) atoms. The molecule has 0 bridgehead atoms. The van der Waals surface area contributed by atoms with Crippen LogP contribution in [0.25, 0.3) is 0 Å². The highest BCUT2D eigenvalue weighted by Gasteiger charge is 2.32. The molecule has 1 saturated heterocycles. The SMILES string of the molecule is COP(=O)(OC)OC1CCN(C(=O)OC(C)(C)C)CC1. The van der Waals surface area contributed by atoms with Gasteiger partial charge in [0.15, 0.2) is 0 Å². The van der Waals surface area contributed by atoms with Gasteiger partial charge in [0.1, 0.15) is 5.60 Å². The molecule has 0 atom stereocenters. The van der Waals surface area contributed by atoms with Gasteiger partial charge in [-0.1, -0.05) is 0 Å². The van der Waals surface area contributed by atoms with Crippen LogP contribution in [-0.2, 0) is 22.9 Å². The third-order valence-electron chi connectivity index (χ3n) is 2.82. The van der Waals surface area contributed by atoms with E-state index in [1.54, 1.807) is 4.90 Å². The molecule has 7 nitrogen and oxygen atoms in total. The Kier molecular flexibility index (Phi) is 6.01. The number of ether oxygens (including phenoxy) is 1. The predicted molar refractivity (Wildman–Crippen MR) is 73.5 cm³/mol. The first-order chi connectivity index (χ1) is 9.19. The maximum atomic E-state index is 11.9. The zero-order valence-corrected chi connectivity index (χ0v) is 13.6. The number of carbonyl (C=O) groups excluding carboxylic acids is 1. The van der Waals surface area contributed by atoms with Gasteiger partial charge in [-0.2, -0.15) is 0 Å². The number of hydrogen-bond acceptors (Lipinski definition) is 6. The summed E-state index contributed by atoms with van der Waals surface area (Å²) in [6.07, 6.45) is 0.545. The standard InChI is InChI=1S/C12H24NO6P/c1-12(2,3)18-11(14)13-8-6-10(7-9-13)19-20(15,16-4)17-5/h10H,6-9H2,1-5H3. The topological polar surface area (TPSA) is 74.3 Å². The monoisotopic (exact) mass is 309 g/mol. The Bertz CT molecular complexity index is 365. The largest absolute Gasteiger partial charge is 0.474 e. The number of phosphoric acid groups is 1. The molecule has 0 aliphatic carbocycles. The van der Waals surface area contributed by atoms with Crippen molar-refractivity contribution in [1.82, 2.24) is 4.90 Å². The minimum Gasteiger partial charge on any atom is -0.444 e. The third-order valence-corrected chi connectivity index (χ3v) is 4.27. The zero-order valence-electron chi connectivity index (χ0n) is 12.7. The molecule has 0 aromatic heterocycles. The van der Waals surface area contributed by atoms with E-state index in [1.165, 1.54) is 14.2 Å². The fourth-order valence-corrected chi connectivity index (χ4v) is 2.71. The highest BCUT2D eigenvalue weighted by Crippen LogP contribution is 2.49. The van der Waals surface area contributed by atoms with Crippen LogP contribution >= 0.6 is 7.82 Å². The molecular weight excluding hydrogens is 285 g/mol. The highest BCUT2D eigenvalue weighted by molar-refractivity contribution is 7.48. The van der Waals surface area contributed by atoms with Gasteiger partial charge in [0.05, 0.1) is 6.10 Å². The second-order valence-corrected chi connectivity index (χ2v) is 7.42. The van der Waals surface area contributed by atoms with E-state index in [0.717, 1.165) is 0 Å². The summed E-state index contributed by atoms with van der Waals surface area (Å²) in [4.78, 5) is 13.5. The first kappa shape index (κ1) is 17.4. The van der Waals surface area contributed by atoms with E-state index in [1.807, 2.05) is 20.8 Å². The highest BCUT2D eigenvalue weighted by atomic mass is 31.2. The zero-order chi connectivity index (χ0) is 15.4. The molecule has 0 spiro atoms. The number of hydrogen-bond donors (Lipinski definition) is 0. The summed E-state index contributed by atoms with van der Waals surface area (Å²) >= 11 is 0. The summed E-state index contributed by atoms with van der Waals surface area (Å²) in [6.45, 7) is 6.47. The van der Waals surface area contributed by atoms with E-state index in [2.05, 4.69) is 0 Å². The lowest BCUT2D eigenvalue weighted by molar-refractivity contribution is 0.00837. The summed E-state index contributed by atoms with van der Waals surface area (Å²) < 4.78 is 32.0. The molecule has 8 heteroatoms. The van der Waals surface area contributed by atoms with E-state index in [-0.39, 0.29) is 12.2 Å². The summed E-state index contributed by atoms with van der Waals surface area (Å²) in [6, 6.07) is 0. The second kappa shape index (κ2) is 6.89. The van der Waals surface area contributed by atoms with E-state index >= 15 is 0 Å². The molecule has 0 aromatic carbocycles. The Morgan fingerprint density at radius 3 is 2.05 bits per heavy atom. The van der Waals surface area contributed by atoms with Crippen LogP contribution in [-0.4, -0.2) is 50.0 Å². The maximum absolute atomic E-state index is 11.9. The van der Waals surface area contributed by atoms with Crippen LogP contribution in [0.15, 0.2) is 0 Å². The minimum absolute atomic E-state index is 0.251. The lowest BCUT2D eigenvalue weighted by Crippen LogP contribution is -2.43. The van der Waals surface area contributed by atoms with Crippen molar-refractivity contribution in [3.63, 3.8) is 0 Å². The van der Waals surface area contributed by atoms with Gasteiger partial charge in [-0.15, -0.1) is 0 Å². The van der Waals surface area contributed by atoms with Crippen LogP contribution in [0, 0.1) is 0 Å². The van der Waals surface area contributed by atoms with E-state index < -0.39 is 13.4 Å². The molecule has 1 aliphatic heterocycles. The van der Waals surface area contributed by atoms with Gasteiger partial charge >= 0.3 is 13.9 Å². The van der Waals surface area contributed by atoms with Crippen LogP contribution in [0.2, 0.25) is 0 Å². The van der Waals surface area contributed by atoms with Crippen molar-refractivity contribution < 1.29 is 27.7 Å². The number of piperidine rings is 1. The molecule has 1 fully saturated rings. The number of rotatable bonds is 4. The lowest BCUT2D eigenvalue weighted by atomic mass is 10.1. The predicted octanol–water partition coefficient (Wildman–Crippen LogP) is 2.80. The fourth-order valence-electron chi connectivity index (χ4n) is 1.81. The molecule has 1 amide bonds. The molecular formula is C12H24NO6P. The first-order valence-corrected chi connectivity index (χ1v) is 8.03. The van der Waals surface area contributed by atoms with Gasteiger partial charge in [-0.05, 0) is 33.6 Å². The first-order valence-electron chi connectivity index (χ1n) is 6.57.